The molecular weight excluding hydrogens is 276 g/mol. The summed E-state index contributed by atoms with van der Waals surface area (Å²) in [5.74, 6) is 0.878. The Morgan fingerprint density at radius 1 is 1.18 bits per heavy atom. The summed E-state index contributed by atoms with van der Waals surface area (Å²) in [6.45, 7) is 2.54. The maximum atomic E-state index is 12.3. The van der Waals surface area contributed by atoms with Crippen LogP contribution >= 0.6 is 0 Å². The number of carbonyl (C=O) groups excluding carboxylic acids is 1. The molecule has 1 heterocycles. The third-order valence-electron chi connectivity index (χ3n) is 3.52. The number of hydrogen-bond donors (Lipinski definition) is 0. The molecule has 0 spiro atoms. The topological polar surface area (TPSA) is 44.1 Å². The summed E-state index contributed by atoms with van der Waals surface area (Å²) in [4.78, 5) is 16.6. The zero-order valence-corrected chi connectivity index (χ0v) is 12.5. The lowest BCUT2D eigenvalue weighted by molar-refractivity contribution is 0.0898. The van der Waals surface area contributed by atoms with E-state index < -0.39 is 0 Å². The van der Waals surface area contributed by atoms with Crippen LogP contribution in [0, 0.1) is 6.92 Å². The van der Waals surface area contributed by atoms with E-state index in [1.807, 2.05) is 55.5 Å². The van der Waals surface area contributed by atoms with E-state index in [4.69, 9.17) is 4.74 Å². The lowest BCUT2D eigenvalue weighted by atomic mass is 10.2. The van der Waals surface area contributed by atoms with Gasteiger partial charge in [-0.05, 0) is 43.2 Å². The Bertz CT molecular complexity index is 778. The smallest absolute Gasteiger partial charge is 0.232 e. The normalized spacial score (nSPS) is 10.8. The van der Waals surface area contributed by atoms with Gasteiger partial charge in [0, 0.05) is 6.42 Å². The van der Waals surface area contributed by atoms with Gasteiger partial charge in [-0.15, -0.1) is 0 Å². The molecule has 4 heteroatoms. The Morgan fingerprint density at radius 2 is 2.00 bits per heavy atom. The minimum Gasteiger partial charge on any atom is -0.494 e. The number of ether oxygens (including phenoxy) is 1. The second-order valence-corrected chi connectivity index (χ2v) is 5.27. The minimum atomic E-state index is 0.0461. The van der Waals surface area contributed by atoms with Crippen LogP contribution in [-0.4, -0.2) is 22.1 Å². The minimum absolute atomic E-state index is 0.0461. The predicted octanol–water partition coefficient (Wildman–Crippen LogP) is 3.84. The Balaban J connectivity index is 1.58. The van der Waals surface area contributed by atoms with Gasteiger partial charge in [-0.1, -0.05) is 24.3 Å². The van der Waals surface area contributed by atoms with Crippen molar-refractivity contribution in [3.63, 3.8) is 0 Å². The largest absolute Gasteiger partial charge is 0.494 e. The lowest BCUT2D eigenvalue weighted by Gasteiger charge is -2.06. The molecule has 0 radical (unpaired) electrons. The third-order valence-corrected chi connectivity index (χ3v) is 3.52. The van der Waals surface area contributed by atoms with Gasteiger partial charge in [-0.3, -0.25) is 9.36 Å². The van der Waals surface area contributed by atoms with Gasteiger partial charge < -0.3 is 4.74 Å². The molecule has 3 aromatic rings. The molecule has 0 unspecified atom stereocenters. The van der Waals surface area contributed by atoms with Gasteiger partial charge in [0.1, 0.15) is 12.1 Å². The Labute approximate surface area is 129 Å². The molecule has 0 aliphatic rings. The fraction of sp³-hybridized carbons (Fsp3) is 0.222. The van der Waals surface area contributed by atoms with Crippen molar-refractivity contribution in [1.29, 1.82) is 0 Å². The molecule has 0 saturated carbocycles. The van der Waals surface area contributed by atoms with Crippen molar-refractivity contribution in [2.75, 3.05) is 6.61 Å². The van der Waals surface area contributed by atoms with Crippen LogP contribution in [0.25, 0.3) is 11.0 Å². The highest BCUT2D eigenvalue weighted by Gasteiger charge is 2.10. The number of aromatic nitrogens is 2. The molecule has 1 aromatic heterocycles. The zero-order valence-electron chi connectivity index (χ0n) is 12.5. The summed E-state index contributed by atoms with van der Waals surface area (Å²) in [6.07, 6.45) is 2.72. The van der Waals surface area contributed by atoms with Crippen LogP contribution in [0.4, 0.5) is 0 Å². The summed E-state index contributed by atoms with van der Waals surface area (Å²) < 4.78 is 7.23. The molecule has 22 heavy (non-hydrogen) atoms. The highest BCUT2D eigenvalue weighted by atomic mass is 16.5. The van der Waals surface area contributed by atoms with Gasteiger partial charge in [-0.25, -0.2) is 4.98 Å². The van der Waals surface area contributed by atoms with Crippen molar-refractivity contribution >= 4 is 16.9 Å². The van der Waals surface area contributed by atoms with Crippen LogP contribution in [0.15, 0.2) is 54.9 Å². The molecule has 0 aliphatic carbocycles. The molecule has 0 aliphatic heterocycles. The molecule has 4 nitrogen and oxygen atoms in total. The van der Waals surface area contributed by atoms with E-state index in [2.05, 4.69) is 4.98 Å². The first kappa shape index (κ1) is 14.3. The van der Waals surface area contributed by atoms with E-state index in [0.29, 0.717) is 19.4 Å². The second kappa shape index (κ2) is 6.43. The highest BCUT2D eigenvalue weighted by Crippen LogP contribution is 2.15. The molecule has 3 rings (SSSR count). The van der Waals surface area contributed by atoms with Gasteiger partial charge in [0.2, 0.25) is 5.91 Å². The molecular formula is C18H18N2O2. The number of para-hydroxylation sites is 1. The SMILES string of the molecule is Cc1ccc2ncn(C(=O)CCCOc3ccccc3)c2c1. The van der Waals surface area contributed by atoms with Crippen LogP contribution in [0.1, 0.15) is 23.2 Å². The van der Waals surface area contributed by atoms with E-state index in [-0.39, 0.29) is 5.91 Å². The number of benzene rings is 2. The summed E-state index contributed by atoms with van der Waals surface area (Å²) in [5, 5.41) is 0. The second-order valence-electron chi connectivity index (χ2n) is 5.27. The van der Waals surface area contributed by atoms with Gasteiger partial charge in [0.15, 0.2) is 0 Å². The quantitative estimate of drug-likeness (QED) is 0.671. The van der Waals surface area contributed by atoms with Gasteiger partial charge >= 0.3 is 0 Å². The van der Waals surface area contributed by atoms with Crippen LogP contribution in [0.3, 0.4) is 0 Å². The first-order valence-electron chi connectivity index (χ1n) is 7.39. The first-order valence-corrected chi connectivity index (χ1v) is 7.39. The zero-order chi connectivity index (χ0) is 15.4. The summed E-state index contributed by atoms with van der Waals surface area (Å²) in [7, 11) is 0. The Morgan fingerprint density at radius 3 is 2.82 bits per heavy atom. The number of fused-ring (bicyclic) bond motifs is 1. The monoisotopic (exact) mass is 294 g/mol. The standard InChI is InChI=1S/C18H18N2O2/c1-14-9-10-16-17(12-14)20(13-19-16)18(21)8-5-11-22-15-6-3-2-4-7-15/h2-4,6-7,9-10,12-13H,5,8,11H2,1H3. The van der Waals surface area contributed by atoms with Crippen LogP contribution in [-0.2, 0) is 0 Å². The van der Waals surface area contributed by atoms with E-state index in [1.54, 1.807) is 10.9 Å². The van der Waals surface area contributed by atoms with Gasteiger partial charge in [0.05, 0.1) is 17.6 Å². The van der Waals surface area contributed by atoms with Crippen molar-refractivity contribution in [1.82, 2.24) is 9.55 Å². The number of imidazole rings is 1. The number of carbonyl (C=O) groups is 1. The van der Waals surface area contributed by atoms with Crippen LogP contribution < -0.4 is 4.74 Å². The number of aryl methyl sites for hydroxylation is 1. The fourth-order valence-electron chi connectivity index (χ4n) is 2.37. The van der Waals surface area contributed by atoms with Crippen molar-refractivity contribution < 1.29 is 9.53 Å². The molecule has 0 atom stereocenters. The van der Waals surface area contributed by atoms with E-state index >= 15 is 0 Å². The van der Waals surface area contributed by atoms with E-state index in [9.17, 15) is 4.79 Å². The van der Waals surface area contributed by atoms with Crippen molar-refractivity contribution in [2.24, 2.45) is 0 Å². The molecule has 0 fully saturated rings. The Kier molecular flexibility index (Phi) is 4.19. The number of rotatable bonds is 5. The van der Waals surface area contributed by atoms with Crippen LogP contribution in [0.2, 0.25) is 0 Å². The molecule has 0 bridgehead atoms. The third kappa shape index (κ3) is 3.17. The maximum absolute atomic E-state index is 12.3. The van der Waals surface area contributed by atoms with Crippen molar-refractivity contribution in [2.45, 2.75) is 19.8 Å². The molecule has 0 saturated heterocycles. The molecule has 0 N–H and O–H groups in total. The lowest BCUT2D eigenvalue weighted by Crippen LogP contribution is -2.11. The maximum Gasteiger partial charge on any atom is 0.232 e. The summed E-state index contributed by atoms with van der Waals surface area (Å²) in [5.41, 5.74) is 2.84. The van der Waals surface area contributed by atoms with Gasteiger partial charge in [0.25, 0.3) is 0 Å². The van der Waals surface area contributed by atoms with Crippen LogP contribution in [0.5, 0.6) is 5.75 Å². The Hall–Kier alpha value is -2.62. The van der Waals surface area contributed by atoms with E-state index in [1.165, 1.54) is 0 Å². The highest BCUT2D eigenvalue weighted by molar-refractivity contribution is 5.90. The van der Waals surface area contributed by atoms with Gasteiger partial charge in [-0.2, -0.15) is 0 Å². The van der Waals surface area contributed by atoms with Crippen molar-refractivity contribution in [3.8, 4) is 5.75 Å². The first-order chi connectivity index (χ1) is 10.7. The fourth-order valence-corrected chi connectivity index (χ4v) is 2.37. The summed E-state index contributed by atoms with van der Waals surface area (Å²) in [6, 6.07) is 15.6. The predicted molar refractivity (Wildman–Crippen MR) is 86.3 cm³/mol. The number of nitrogens with zero attached hydrogens (tertiary/aromatic N) is 2. The average Bonchev–Trinajstić information content (AvgIpc) is 2.95. The average molecular weight is 294 g/mol. The van der Waals surface area contributed by atoms with Crippen molar-refractivity contribution in [3.05, 3.63) is 60.4 Å². The number of hydrogen-bond acceptors (Lipinski definition) is 3. The molecule has 2 aromatic carbocycles. The molecule has 112 valence electrons. The van der Waals surface area contributed by atoms with E-state index in [0.717, 1.165) is 22.3 Å². The summed E-state index contributed by atoms with van der Waals surface area (Å²) >= 11 is 0. The molecule has 0 amide bonds.